The van der Waals surface area contributed by atoms with E-state index in [4.69, 9.17) is 15.3 Å². The molecule has 0 radical (unpaired) electrons. The van der Waals surface area contributed by atoms with Crippen LogP contribution in [0.25, 0.3) is 0 Å². The first kappa shape index (κ1) is 22.4. The Balaban J connectivity index is 2.39. The van der Waals surface area contributed by atoms with Crippen LogP contribution in [0.5, 0.6) is 5.75 Å². The van der Waals surface area contributed by atoms with Crippen LogP contribution in [-0.2, 0) is 0 Å². The van der Waals surface area contributed by atoms with Gasteiger partial charge in [0.2, 0.25) is 0 Å². The van der Waals surface area contributed by atoms with Crippen molar-refractivity contribution in [3.63, 3.8) is 0 Å². The predicted octanol–water partition coefficient (Wildman–Crippen LogP) is 3.42. The highest BCUT2D eigenvalue weighted by atomic mass is 32.2. The molecule has 1 amide bonds. The highest BCUT2D eigenvalue weighted by Gasteiger charge is 2.30. The number of primary amides is 1. The lowest BCUT2D eigenvalue weighted by Gasteiger charge is -2.31. The van der Waals surface area contributed by atoms with Gasteiger partial charge in [-0.3, -0.25) is 14.7 Å². The normalized spacial score (nSPS) is 13.1. The van der Waals surface area contributed by atoms with Crippen LogP contribution in [-0.4, -0.2) is 16.8 Å². The zero-order valence-corrected chi connectivity index (χ0v) is 17.8. The average molecular weight is 418 g/mol. The summed E-state index contributed by atoms with van der Waals surface area (Å²) in [6.07, 6.45) is 0. The van der Waals surface area contributed by atoms with Gasteiger partial charge in [-0.2, -0.15) is 0 Å². The number of aliphatic imine (C=N–C) groups is 1. The fourth-order valence-electron chi connectivity index (χ4n) is 2.71. The van der Waals surface area contributed by atoms with Gasteiger partial charge in [0.05, 0.1) is 17.3 Å². The molecular formula is C20H27N5O3S. The van der Waals surface area contributed by atoms with E-state index >= 15 is 0 Å². The first-order valence-corrected chi connectivity index (χ1v) is 9.77. The Bertz CT molecular complexity index is 930. The van der Waals surface area contributed by atoms with Crippen LogP contribution in [0.3, 0.4) is 0 Å². The molecule has 1 aromatic carbocycles. The average Bonchev–Trinajstić information content (AvgIpc) is 3.05. The predicted molar refractivity (Wildman–Crippen MR) is 117 cm³/mol. The fraction of sp³-hybridized carbons (Fsp3) is 0.300. The summed E-state index contributed by atoms with van der Waals surface area (Å²) in [7, 11) is 0. The van der Waals surface area contributed by atoms with Crippen LogP contribution in [0.1, 0.15) is 48.7 Å². The van der Waals surface area contributed by atoms with Crippen molar-refractivity contribution >= 4 is 29.6 Å². The lowest BCUT2D eigenvalue weighted by molar-refractivity contribution is 0.0998. The molecule has 8 nitrogen and oxygen atoms in total. The summed E-state index contributed by atoms with van der Waals surface area (Å²) in [5.74, 6) is 0.782. The van der Waals surface area contributed by atoms with E-state index in [1.807, 2.05) is 19.1 Å². The van der Waals surface area contributed by atoms with Crippen molar-refractivity contribution in [3.8, 4) is 5.75 Å². The zero-order valence-electron chi connectivity index (χ0n) is 16.9. The van der Waals surface area contributed by atoms with Gasteiger partial charge in [-0.15, -0.1) is 0 Å². The van der Waals surface area contributed by atoms with Crippen LogP contribution < -0.4 is 20.9 Å². The molecule has 0 aliphatic heterocycles. The van der Waals surface area contributed by atoms with Gasteiger partial charge < -0.3 is 20.6 Å². The summed E-state index contributed by atoms with van der Waals surface area (Å²) in [5.41, 5.74) is 5.64. The zero-order chi connectivity index (χ0) is 21.8. The lowest BCUT2D eigenvalue weighted by Crippen LogP contribution is -2.36. The molecule has 2 rings (SSSR count). The molecule has 0 spiro atoms. The Kier molecular flexibility index (Phi) is 6.99. The van der Waals surface area contributed by atoms with E-state index in [1.54, 1.807) is 12.1 Å². The maximum absolute atomic E-state index is 11.5. The summed E-state index contributed by atoms with van der Waals surface area (Å²) in [6.45, 7) is 12.1. The van der Waals surface area contributed by atoms with Crippen LogP contribution in [0.15, 0.2) is 52.0 Å². The minimum absolute atomic E-state index is 0.0248. The number of carbonyl (C=O) groups excluding carboxylic acids is 1. The quantitative estimate of drug-likeness (QED) is 0.264. The van der Waals surface area contributed by atoms with Crippen LogP contribution in [0, 0.1) is 12.3 Å². The van der Waals surface area contributed by atoms with Gasteiger partial charge in [-0.25, -0.2) is 4.99 Å². The number of nitrogens with zero attached hydrogens (tertiary/aromatic N) is 1. The molecular weight excluding hydrogens is 390 g/mol. The van der Waals surface area contributed by atoms with Gasteiger partial charge in [-0.05, 0) is 36.6 Å². The van der Waals surface area contributed by atoms with E-state index in [9.17, 15) is 9.90 Å². The van der Waals surface area contributed by atoms with E-state index in [0.717, 1.165) is 23.7 Å². The minimum atomic E-state index is -0.750. The third kappa shape index (κ3) is 5.55. The first-order chi connectivity index (χ1) is 13.5. The van der Waals surface area contributed by atoms with E-state index in [-0.39, 0.29) is 34.3 Å². The molecule has 9 heteroatoms. The highest BCUT2D eigenvalue weighted by molar-refractivity contribution is 7.95. The van der Waals surface area contributed by atoms with Crippen molar-refractivity contribution in [3.05, 3.63) is 59.7 Å². The van der Waals surface area contributed by atoms with Gasteiger partial charge in [0.15, 0.2) is 11.6 Å². The maximum Gasteiger partial charge on any atom is 0.252 e. The van der Waals surface area contributed by atoms with Crippen molar-refractivity contribution in [1.82, 2.24) is 10.0 Å². The molecule has 0 aliphatic rings. The largest absolute Gasteiger partial charge is 0.505 e. The Morgan fingerprint density at radius 3 is 2.52 bits per heavy atom. The molecule has 0 unspecified atom stereocenters. The monoisotopic (exact) mass is 417 g/mol. The molecule has 7 N–H and O–H groups in total. The topological polar surface area (TPSA) is 139 Å². The Morgan fingerprint density at radius 1 is 1.31 bits per heavy atom. The summed E-state index contributed by atoms with van der Waals surface area (Å²) >= 11 is 0.830. The van der Waals surface area contributed by atoms with Gasteiger partial charge in [0.1, 0.15) is 17.2 Å². The second kappa shape index (κ2) is 9.06. The smallest absolute Gasteiger partial charge is 0.252 e. The number of aryl methyl sites for hydroxylation is 1. The Labute approximate surface area is 174 Å². The van der Waals surface area contributed by atoms with Gasteiger partial charge in [0.25, 0.3) is 5.91 Å². The summed E-state index contributed by atoms with van der Waals surface area (Å²) < 4.78 is 8.65. The number of para-hydroxylation sites is 1. The number of nitrogens with one attached hydrogen (secondary N) is 2. The van der Waals surface area contributed by atoms with Crippen LogP contribution >= 0.6 is 12.1 Å². The number of hydrogen-bond donors (Lipinski definition) is 5. The molecule has 29 heavy (non-hydrogen) atoms. The molecule has 1 heterocycles. The number of carbonyl (C=O) groups is 1. The molecule has 156 valence electrons. The molecule has 1 atom stereocenters. The molecule has 1 aromatic heterocycles. The van der Waals surface area contributed by atoms with E-state index in [1.165, 1.54) is 6.07 Å². The number of benzene rings is 1. The number of furan rings is 1. The number of nitrogens with two attached hydrogens (primary N) is 2. The number of amidine groups is 1. The number of aromatic hydroxyl groups is 1. The van der Waals surface area contributed by atoms with Crippen molar-refractivity contribution in [2.45, 2.75) is 33.7 Å². The van der Waals surface area contributed by atoms with Crippen molar-refractivity contribution in [2.24, 2.45) is 21.3 Å². The SMILES string of the molecule is C=C(N[C@@H](c1ccc(C)o1)C(C)(C)C)C(=Nc1cccc(C(N)=O)c1O)NSN. The van der Waals surface area contributed by atoms with Gasteiger partial charge in [-0.1, -0.05) is 33.4 Å². The number of amides is 1. The second-order valence-electron chi connectivity index (χ2n) is 7.59. The van der Waals surface area contributed by atoms with E-state index in [2.05, 4.69) is 42.4 Å². The van der Waals surface area contributed by atoms with Crippen LogP contribution in [0.2, 0.25) is 0 Å². The standard InChI is InChI=1S/C20H27N5O3S/c1-11-9-10-15(28-11)17(20(3,4)5)23-12(2)19(25-29-22)24-14-8-6-7-13(16(14)26)18(21)27/h6-10,17,23,26H,2,22H2,1,3-5H3,(H2,21,27)(H,24,25)/t17-/m0/s1. The molecule has 0 aliphatic carbocycles. The molecule has 0 bridgehead atoms. The maximum atomic E-state index is 11.5. The molecule has 0 saturated carbocycles. The molecule has 2 aromatic rings. The summed E-state index contributed by atoms with van der Waals surface area (Å²) in [5, 5.41) is 19.2. The second-order valence-corrected chi connectivity index (χ2v) is 8.03. The van der Waals surface area contributed by atoms with Gasteiger partial charge in [0, 0.05) is 12.1 Å². The van der Waals surface area contributed by atoms with E-state index in [0.29, 0.717) is 5.70 Å². The Morgan fingerprint density at radius 2 is 2.00 bits per heavy atom. The molecule has 0 fully saturated rings. The van der Waals surface area contributed by atoms with E-state index < -0.39 is 5.91 Å². The number of hydrogen-bond acceptors (Lipinski definition) is 7. The summed E-state index contributed by atoms with van der Waals surface area (Å²) in [6, 6.07) is 8.15. The van der Waals surface area contributed by atoms with Crippen LogP contribution in [0.4, 0.5) is 5.69 Å². The highest BCUT2D eigenvalue weighted by Crippen LogP contribution is 2.35. The van der Waals surface area contributed by atoms with Crippen molar-refractivity contribution in [1.29, 1.82) is 0 Å². The minimum Gasteiger partial charge on any atom is -0.505 e. The summed E-state index contributed by atoms with van der Waals surface area (Å²) in [4.78, 5) is 15.8. The fourth-order valence-corrected chi connectivity index (χ4v) is 2.99. The van der Waals surface area contributed by atoms with Crippen molar-refractivity contribution in [2.75, 3.05) is 0 Å². The van der Waals surface area contributed by atoms with Gasteiger partial charge >= 0.3 is 0 Å². The number of phenols is 1. The molecule has 0 saturated heterocycles. The lowest BCUT2D eigenvalue weighted by atomic mass is 9.85. The Hall–Kier alpha value is -2.91. The third-order valence-electron chi connectivity index (χ3n) is 4.18. The van der Waals surface area contributed by atoms with Crippen molar-refractivity contribution < 1.29 is 14.3 Å². The first-order valence-electron chi connectivity index (χ1n) is 8.89. The number of rotatable bonds is 7. The third-order valence-corrected chi connectivity index (χ3v) is 4.50.